The Hall–Kier alpha value is -4.26. The number of alkyl halides is 6. The van der Waals surface area contributed by atoms with Gasteiger partial charge in [-0.05, 0) is 59.7 Å². The van der Waals surface area contributed by atoms with Crippen LogP contribution in [0.4, 0.5) is 36.4 Å². The van der Waals surface area contributed by atoms with Crippen molar-refractivity contribution in [3.63, 3.8) is 0 Å². The third-order valence-electron chi connectivity index (χ3n) is 7.43. The summed E-state index contributed by atoms with van der Waals surface area (Å²) in [5.41, 5.74) is -4.09. The van der Waals surface area contributed by atoms with E-state index in [-0.39, 0.29) is 16.8 Å². The van der Waals surface area contributed by atoms with Crippen LogP contribution in [-0.4, -0.2) is 30.9 Å². The standard InChI is InChI=1S/C28H19F7N2O4/c1-41-25(40)22-20-21(24(39)37(23(20)38)19-12-10-18(29)11-13-19)26(36-22,14-2-6-16(7-3-14)27(30,31)32)15-4-8-17(9-5-15)28(33,34)35/h2-13,20-22,36H,1H3/t20-,21-,22-/m1/s1. The van der Waals surface area contributed by atoms with Crippen molar-refractivity contribution in [1.82, 2.24) is 5.32 Å². The lowest BCUT2D eigenvalue weighted by Gasteiger charge is -2.36. The molecule has 0 saturated carbocycles. The van der Waals surface area contributed by atoms with Crippen LogP contribution in [0.15, 0.2) is 72.8 Å². The maximum absolute atomic E-state index is 14.0. The number of anilines is 1. The van der Waals surface area contributed by atoms with Crippen molar-refractivity contribution in [3.8, 4) is 0 Å². The fourth-order valence-corrected chi connectivity index (χ4v) is 5.62. The topological polar surface area (TPSA) is 75.7 Å². The summed E-state index contributed by atoms with van der Waals surface area (Å²) in [6.07, 6.45) is -9.45. The van der Waals surface area contributed by atoms with Crippen LogP contribution >= 0.6 is 0 Å². The summed E-state index contributed by atoms with van der Waals surface area (Å²) < 4.78 is 98.6. The molecule has 2 aliphatic rings. The van der Waals surface area contributed by atoms with E-state index in [0.29, 0.717) is 0 Å². The number of hydrogen-bond acceptors (Lipinski definition) is 5. The first-order valence-corrected chi connectivity index (χ1v) is 12.0. The summed E-state index contributed by atoms with van der Waals surface area (Å²) in [7, 11) is 1.02. The minimum atomic E-state index is -4.72. The molecule has 3 atom stereocenters. The first-order valence-electron chi connectivity index (χ1n) is 12.0. The van der Waals surface area contributed by atoms with Crippen molar-refractivity contribution in [2.24, 2.45) is 11.8 Å². The molecular formula is C28H19F7N2O4. The number of imide groups is 1. The predicted molar refractivity (Wildman–Crippen MR) is 128 cm³/mol. The molecule has 0 radical (unpaired) electrons. The number of methoxy groups -OCH3 is 1. The van der Waals surface area contributed by atoms with Crippen LogP contribution in [-0.2, 0) is 37.0 Å². The zero-order valence-electron chi connectivity index (χ0n) is 20.9. The predicted octanol–water partition coefficient (Wildman–Crippen LogP) is 5.06. The highest BCUT2D eigenvalue weighted by molar-refractivity contribution is 6.24. The van der Waals surface area contributed by atoms with Gasteiger partial charge in [-0.2, -0.15) is 26.3 Å². The lowest BCUT2D eigenvalue weighted by atomic mass is 9.71. The molecule has 2 heterocycles. The SMILES string of the molecule is COC(=O)[C@@H]1NC(c2ccc(C(F)(F)F)cc2)(c2ccc(C(F)(F)F)cc2)[C@H]2C(=O)N(c3ccc(F)cc3)C(=O)[C@@H]12. The number of nitrogens with zero attached hydrogens (tertiary/aromatic N) is 1. The van der Waals surface area contributed by atoms with Gasteiger partial charge in [0.2, 0.25) is 11.8 Å². The molecule has 0 aliphatic carbocycles. The van der Waals surface area contributed by atoms with E-state index in [9.17, 15) is 45.1 Å². The summed E-state index contributed by atoms with van der Waals surface area (Å²) in [6, 6.07) is 9.81. The molecule has 5 rings (SSSR count). The third-order valence-corrected chi connectivity index (χ3v) is 7.43. The van der Waals surface area contributed by atoms with Gasteiger partial charge in [0, 0.05) is 0 Å². The average molecular weight is 580 g/mol. The van der Waals surface area contributed by atoms with Gasteiger partial charge in [-0.1, -0.05) is 24.3 Å². The maximum Gasteiger partial charge on any atom is 0.416 e. The normalized spacial score (nSPS) is 22.1. The maximum atomic E-state index is 14.0. The molecule has 0 aromatic heterocycles. The van der Waals surface area contributed by atoms with Crippen molar-refractivity contribution in [3.05, 3.63) is 101 Å². The minimum absolute atomic E-state index is 0.0197. The second-order valence-corrected chi connectivity index (χ2v) is 9.60. The van der Waals surface area contributed by atoms with Crippen LogP contribution in [0.1, 0.15) is 22.3 Å². The molecule has 6 nitrogen and oxygen atoms in total. The van der Waals surface area contributed by atoms with Crippen LogP contribution < -0.4 is 10.2 Å². The Morgan fingerprint density at radius 3 is 1.66 bits per heavy atom. The zero-order chi connectivity index (χ0) is 29.9. The number of hydrogen-bond donors (Lipinski definition) is 1. The molecular weight excluding hydrogens is 561 g/mol. The molecule has 2 saturated heterocycles. The fraction of sp³-hybridized carbons (Fsp3) is 0.250. The number of nitrogens with one attached hydrogen (secondary N) is 1. The summed E-state index contributed by atoms with van der Waals surface area (Å²) >= 11 is 0. The highest BCUT2D eigenvalue weighted by atomic mass is 19.4. The fourth-order valence-electron chi connectivity index (χ4n) is 5.62. The van der Waals surface area contributed by atoms with E-state index in [1.807, 2.05) is 0 Å². The van der Waals surface area contributed by atoms with Gasteiger partial charge < -0.3 is 4.74 Å². The number of amides is 2. The number of carbonyl (C=O) groups is 3. The van der Waals surface area contributed by atoms with Gasteiger partial charge in [0.15, 0.2) is 0 Å². The van der Waals surface area contributed by atoms with E-state index >= 15 is 0 Å². The summed E-state index contributed by atoms with van der Waals surface area (Å²) in [5, 5.41) is 2.88. The summed E-state index contributed by atoms with van der Waals surface area (Å²) in [5.74, 6) is -6.41. The number of carbonyl (C=O) groups excluding carboxylic acids is 3. The number of esters is 1. The highest BCUT2D eigenvalue weighted by Gasteiger charge is 2.68. The van der Waals surface area contributed by atoms with Gasteiger partial charge in [-0.25, -0.2) is 9.29 Å². The molecule has 2 fully saturated rings. The number of benzene rings is 3. The van der Waals surface area contributed by atoms with E-state index in [0.717, 1.165) is 84.8 Å². The molecule has 2 aliphatic heterocycles. The third kappa shape index (κ3) is 4.53. The highest BCUT2D eigenvalue weighted by Crippen LogP contribution is 2.53. The second kappa shape index (κ2) is 9.68. The molecule has 0 bridgehead atoms. The van der Waals surface area contributed by atoms with Crippen molar-refractivity contribution in [2.45, 2.75) is 23.9 Å². The molecule has 13 heteroatoms. The van der Waals surface area contributed by atoms with Gasteiger partial charge in [0.1, 0.15) is 11.9 Å². The van der Waals surface area contributed by atoms with Crippen LogP contribution in [0.5, 0.6) is 0 Å². The molecule has 0 unspecified atom stereocenters. The molecule has 1 N–H and O–H groups in total. The lowest BCUT2D eigenvalue weighted by Crippen LogP contribution is -2.52. The van der Waals surface area contributed by atoms with Crippen LogP contribution in [0.3, 0.4) is 0 Å². The molecule has 3 aromatic carbocycles. The molecule has 0 spiro atoms. The van der Waals surface area contributed by atoms with Gasteiger partial charge in [-0.3, -0.25) is 19.7 Å². The second-order valence-electron chi connectivity index (χ2n) is 9.60. The van der Waals surface area contributed by atoms with E-state index in [4.69, 9.17) is 4.74 Å². The van der Waals surface area contributed by atoms with Gasteiger partial charge in [0.05, 0.1) is 41.3 Å². The largest absolute Gasteiger partial charge is 0.468 e. The van der Waals surface area contributed by atoms with Crippen LogP contribution in [0.2, 0.25) is 0 Å². The summed E-state index contributed by atoms with van der Waals surface area (Å²) in [6.45, 7) is 0. The van der Waals surface area contributed by atoms with Crippen molar-refractivity contribution < 1.29 is 49.9 Å². The first-order chi connectivity index (χ1) is 19.2. The van der Waals surface area contributed by atoms with E-state index < -0.39 is 70.5 Å². The number of fused-ring (bicyclic) bond motifs is 1. The number of halogens is 7. The van der Waals surface area contributed by atoms with Crippen molar-refractivity contribution in [2.75, 3.05) is 12.0 Å². The van der Waals surface area contributed by atoms with Crippen molar-refractivity contribution >= 4 is 23.5 Å². The molecule has 214 valence electrons. The average Bonchev–Trinajstić information content (AvgIpc) is 3.42. The van der Waals surface area contributed by atoms with E-state index in [1.165, 1.54) is 0 Å². The molecule has 41 heavy (non-hydrogen) atoms. The Morgan fingerprint density at radius 2 is 1.24 bits per heavy atom. The smallest absolute Gasteiger partial charge is 0.416 e. The molecule has 3 aromatic rings. The van der Waals surface area contributed by atoms with Crippen LogP contribution in [0.25, 0.3) is 0 Å². The summed E-state index contributed by atoms with van der Waals surface area (Å²) in [4.78, 5) is 41.3. The lowest BCUT2D eigenvalue weighted by molar-refractivity contribution is -0.145. The van der Waals surface area contributed by atoms with Gasteiger partial charge in [0.25, 0.3) is 0 Å². The number of rotatable bonds is 4. The van der Waals surface area contributed by atoms with E-state index in [2.05, 4.69) is 5.32 Å². The molecule has 2 amide bonds. The Balaban J connectivity index is 1.75. The zero-order valence-corrected chi connectivity index (χ0v) is 20.9. The monoisotopic (exact) mass is 580 g/mol. The number of ether oxygens (including phenoxy) is 1. The van der Waals surface area contributed by atoms with Crippen molar-refractivity contribution in [1.29, 1.82) is 0 Å². The van der Waals surface area contributed by atoms with E-state index in [1.54, 1.807) is 0 Å². The Kier molecular flexibility index (Phi) is 6.68. The Labute approximate surface area is 227 Å². The Morgan fingerprint density at radius 1 is 0.780 bits per heavy atom. The first kappa shape index (κ1) is 28.3. The quantitative estimate of drug-likeness (QED) is 0.266. The Bertz CT molecular complexity index is 1440. The van der Waals surface area contributed by atoms with Gasteiger partial charge in [-0.15, -0.1) is 0 Å². The van der Waals surface area contributed by atoms with Crippen LogP contribution in [0, 0.1) is 17.7 Å². The minimum Gasteiger partial charge on any atom is -0.468 e. The van der Waals surface area contributed by atoms with Gasteiger partial charge >= 0.3 is 18.3 Å².